The number of aliphatic hydroxyl groups excluding tert-OH is 1. The molecule has 10 rings (SSSR count). The van der Waals surface area contributed by atoms with Gasteiger partial charge in [-0.1, -0.05) is 99.2 Å². The van der Waals surface area contributed by atoms with Crippen LogP contribution in [0.2, 0.25) is 0 Å². The zero-order valence-corrected chi connectivity index (χ0v) is 48.9. The first kappa shape index (κ1) is 58.7. The minimum atomic E-state index is -1.99. The summed E-state index contributed by atoms with van der Waals surface area (Å²) in [4.78, 5) is 75.4. The SMILES string of the molecule is Cc1cccc(-c2ccn(-c3cc(N4CCOCC4)nc(OCCc4ccc(C#CC5CCN(C(=O)CCCC[C@H](NC(=O)[C@@H]6C[C@@H](O)CN6C(=O)[C@@H](NC(=O)C6(F)CC6)C(C)(C)C)c6ccc(-c7scnc7C)cc6)CC5)cc4)n3)n2)c1. The first-order chi connectivity index (χ1) is 40.0. The molecule has 4 aliphatic rings. The van der Waals surface area contributed by atoms with Gasteiger partial charge in [-0.15, -0.1) is 11.3 Å². The Morgan fingerprint density at radius 3 is 2.35 bits per heavy atom. The van der Waals surface area contributed by atoms with Crippen LogP contribution in [0, 0.1) is 37.0 Å². The predicted octanol–water partition coefficient (Wildman–Crippen LogP) is 8.53. The van der Waals surface area contributed by atoms with Crippen molar-refractivity contribution in [3.8, 4) is 45.4 Å². The van der Waals surface area contributed by atoms with Crippen molar-refractivity contribution >= 4 is 40.8 Å². The third kappa shape index (κ3) is 14.8. The minimum Gasteiger partial charge on any atom is -0.463 e. The summed E-state index contributed by atoms with van der Waals surface area (Å²) in [6.07, 6.45) is 5.54. The smallest absolute Gasteiger partial charge is 0.320 e. The van der Waals surface area contributed by atoms with Gasteiger partial charge in [0.15, 0.2) is 11.5 Å². The van der Waals surface area contributed by atoms with E-state index in [2.05, 4.69) is 69.6 Å². The quantitative estimate of drug-likeness (QED) is 0.0517. The Morgan fingerprint density at radius 1 is 0.904 bits per heavy atom. The van der Waals surface area contributed by atoms with E-state index in [1.807, 2.05) is 78.1 Å². The second-order valence-corrected chi connectivity index (χ2v) is 24.4. The van der Waals surface area contributed by atoms with Crippen LogP contribution < -0.4 is 20.3 Å². The molecule has 17 nitrogen and oxygen atoms in total. The molecule has 1 saturated carbocycles. The van der Waals surface area contributed by atoms with E-state index in [-0.39, 0.29) is 43.6 Å². The van der Waals surface area contributed by atoms with Crippen LogP contribution in [0.4, 0.5) is 10.2 Å². The average Bonchev–Trinajstić information content (AvgIpc) is 3.45. The highest BCUT2D eigenvalue weighted by Crippen LogP contribution is 2.41. The van der Waals surface area contributed by atoms with E-state index in [0.29, 0.717) is 70.8 Å². The van der Waals surface area contributed by atoms with Crippen molar-refractivity contribution in [2.45, 2.75) is 129 Å². The summed E-state index contributed by atoms with van der Waals surface area (Å²) < 4.78 is 28.4. The van der Waals surface area contributed by atoms with Gasteiger partial charge in [0, 0.05) is 81.3 Å². The molecule has 4 fully saturated rings. The van der Waals surface area contributed by atoms with E-state index < -0.39 is 53.0 Å². The number of alkyl halides is 1. The van der Waals surface area contributed by atoms with Crippen LogP contribution >= 0.6 is 11.3 Å². The Morgan fingerprint density at radius 2 is 1.65 bits per heavy atom. The second kappa shape index (κ2) is 25.9. The zero-order chi connectivity index (χ0) is 58.3. The van der Waals surface area contributed by atoms with Crippen LogP contribution in [-0.2, 0) is 30.3 Å². The number of aliphatic hydroxyl groups is 1. The largest absolute Gasteiger partial charge is 0.463 e. The Balaban J connectivity index is 0.701. The molecule has 0 bridgehead atoms. The molecule has 83 heavy (non-hydrogen) atoms. The first-order valence-corrected chi connectivity index (χ1v) is 30.0. The maximum atomic E-state index is 14.8. The van der Waals surface area contributed by atoms with Crippen LogP contribution in [0.3, 0.4) is 0 Å². The Hall–Kier alpha value is -7.53. The lowest BCUT2D eigenvalue weighted by atomic mass is 9.85. The number of morpholine rings is 1. The van der Waals surface area contributed by atoms with Gasteiger partial charge in [0.05, 0.1) is 53.7 Å². The number of carbonyl (C=O) groups is 4. The van der Waals surface area contributed by atoms with Gasteiger partial charge in [-0.25, -0.2) is 14.1 Å². The number of hydrogen-bond donors (Lipinski definition) is 3. The highest BCUT2D eigenvalue weighted by Gasteiger charge is 2.53. The van der Waals surface area contributed by atoms with E-state index in [1.54, 1.807) is 36.8 Å². The molecule has 3 aromatic carbocycles. The summed E-state index contributed by atoms with van der Waals surface area (Å²) in [7, 11) is 0. The fraction of sp³-hybridized carbons (Fsp3) is 0.469. The molecule has 0 radical (unpaired) electrons. The number of aryl methyl sites for hydroxylation is 2. The number of nitrogens with zero attached hydrogens (tertiary/aromatic N) is 8. The number of β-amino-alcohol motifs (C(OH)–C–C–N with tert-alkyl or cyclic N) is 1. The van der Waals surface area contributed by atoms with Crippen molar-refractivity contribution in [3.63, 3.8) is 0 Å². The molecule has 19 heteroatoms. The van der Waals surface area contributed by atoms with E-state index >= 15 is 0 Å². The number of rotatable bonds is 19. The number of hydrogen-bond acceptors (Lipinski definition) is 13. The monoisotopic (exact) mass is 1150 g/mol. The molecule has 6 aromatic rings. The molecule has 3 N–H and O–H groups in total. The van der Waals surface area contributed by atoms with Gasteiger partial charge in [0.1, 0.15) is 17.9 Å². The summed E-state index contributed by atoms with van der Waals surface area (Å²) in [5.74, 6) is 6.69. The van der Waals surface area contributed by atoms with Gasteiger partial charge >= 0.3 is 6.01 Å². The number of piperidine rings is 1. The predicted molar refractivity (Wildman–Crippen MR) is 316 cm³/mol. The van der Waals surface area contributed by atoms with Crippen molar-refractivity contribution in [3.05, 3.63) is 125 Å². The molecule has 0 unspecified atom stereocenters. The summed E-state index contributed by atoms with van der Waals surface area (Å²) in [6, 6.07) is 26.1. The maximum absolute atomic E-state index is 14.8. The van der Waals surface area contributed by atoms with Crippen LogP contribution in [0.25, 0.3) is 27.5 Å². The highest BCUT2D eigenvalue weighted by molar-refractivity contribution is 7.13. The average molecular weight is 1150 g/mol. The number of carbonyl (C=O) groups excluding carboxylic acids is 4. The van der Waals surface area contributed by atoms with Gasteiger partial charge in [-0.2, -0.15) is 15.1 Å². The van der Waals surface area contributed by atoms with Gasteiger partial charge in [-0.05, 0) is 98.7 Å². The third-order valence-electron chi connectivity index (χ3n) is 16.1. The van der Waals surface area contributed by atoms with Gasteiger partial charge < -0.3 is 39.9 Å². The van der Waals surface area contributed by atoms with Crippen LogP contribution in [-0.4, -0.2) is 140 Å². The summed E-state index contributed by atoms with van der Waals surface area (Å²) in [6.45, 7) is 13.6. The van der Waals surface area contributed by atoms with E-state index in [4.69, 9.17) is 24.5 Å². The van der Waals surface area contributed by atoms with Crippen molar-refractivity contribution in [2.24, 2.45) is 11.3 Å². The standard InChI is InChI=1S/C64H75FN10O7S/c1-42-9-8-10-49(37-42)52-25-31-75(71-52)55-39-54(72-32-35-81-36-33-72)68-62(69-55)82-34-26-45-16-13-44(14-17-45)15-18-46-23-29-73(30-24-46)56(77)12-7-6-11-51(47-19-21-48(22-20-47)57-43(2)66-41-83-57)67-59(78)53-38-50(76)40-74(53)60(79)58(63(3,4)5)70-61(80)64(65)27-28-64/h8-10,13-14,16-17,19-22,25,31,37,39,41,46,50-51,53,58,76H,6-7,11-12,23-24,26-30,32-36,38,40H2,1-5H3,(H,67,78)(H,70,80)/t50-,51+,53+,58-/m1/s1. The molecule has 3 aliphatic heterocycles. The molecule has 1 aliphatic carbocycles. The lowest BCUT2D eigenvalue weighted by Gasteiger charge is -2.36. The van der Waals surface area contributed by atoms with Crippen LogP contribution in [0.5, 0.6) is 6.01 Å². The van der Waals surface area contributed by atoms with Crippen LogP contribution in [0.1, 0.15) is 113 Å². The number of anilines is 1. The van der Waals surface area contributed by atoms with Crippen molar-refractivity contribution < 1.29 is 38.1 Å². The number of benzene rings is 3. The van der Waals surface area contributed by atoms with Crippen LogP contribution in [0.15, 0.2) is 96.6 Å². The summed E-state index contributed by atoms with van der Waals surface area (Å²) in [5.41, 5.74) is 6.90. The molecule has 4 amide bonds. The van der Waals surface area contributed by atoms with Crippen molar-refractivity contribution in [2.75, 3.05) is 57.4 Å². The Bertz CT molecular complexity index is 3310. The molecule has 0 spiro atoms. The molecular weight excluding hydrogens is 1070 g/mol. The lowest BCUT2D eigenvalue weighted by Crippen LogP contribution is -2.59. The number of unbranched alkanes of at least 4 members (excludes halogenated alkanes) is 1. The number of likely N-dealkylation sites (tertiary alicyclic amines) is 2. The zero-order valence-electron chi connectivity index (χ0n) is 48.1. The first-order valence-electron chi connectivity index (χ1n) is 29.1. The van der Waals surface area contributed by atoms with Crippen molar-refractivity contribution in [1.29, 1.82) is 0 Å². The topological polar surface area (TPSA) is 197 Å². The van der Waals surface area contributed by atoms with Crippen molar-refractivity contribution in [1.82, 2.24) is 45.2 Å². The lowest BCUT2D eigenvalue weighted by molar-refractivity contribution is -0.145. The number of halogens is 1. The number of nitrogens with one attached hydrogen (secondary N) is 2. The van der Waals surface area contributed by atoms with E-state index in [0.717, 1.165) is 75.8 Å². The maximum Gasteiger partial charge on any atom is 0.320 e. The molecule has 3 saturated heterocycles. The molecular formula is C64H75FN10O7S. The summed E-state index contributed by atoms with van der Waals surface area (Å²) in [5, 5.41) is 21.5. The number of amides is 4. The number of aromatic nitrogens is 5. The normalized spacial score (nSPS) is 18.7. The number of ether oxygens (including phenoxy) is 2. The molecule has 3 aromatic heterocycles. The minimum absolute atomic E-state index is 0.0175. The van der Waals surface area contributed by atoms with E-state index in [9.17, 15) is 28.7 Å². The summed E-state index contributed by atoms with van der Waals surface area (Å²) >= 11 is 1.55. The highest BCUT2D eigenvalue weighted by atomic mass is 32.1. The van der Waals surface area contributed by atoms with Gasteiger partial charge in [0.25, 0.3) is 5.91 Å². The molecule has 436 valence electrons. The second-order valence-electron chi connectivity index (χ2n) is 23.5. The fourth-order valence-corrected chi connectivity index (χ4v) is 11.8. The Kier molecular flexibility index (Phi) is 18.3. The third-order valence-corrected chi connectivity index (χ3v) is 17.1. The number of thiazole rings is 1. The molecule has 4 atom stereocenters. The fourth-order valence-electron chi connectivity index (χ4n) is 11.0. The Labute approximate surface area is 489 Å². The van der Waals surface area contributed by atoms with E-state index in [1.165, 1.54) is 10.5 Å². The molecule has 6 heterocycles. The van der Waals surface area contributed by atoms with Gasteiger partial charge in [0.2, 0.25) is 17.7 Å². The van der Waals surface area contributed by atoms with Gasteiger partial charge in [-0.3, -0.25) is 19.2 Å².